The summed E-state index contributed by atoms with van der Waals surface area (Å²) in [5.74, 6) is 0. The molecular formula is C14H26F3NO. The molecule has 19 heavy (non-hydrogen) atoms. The third-order valence-electron chi connectivity index (χ3n) is 4.17. The summed E-state index contributed by atoms with van der Waals surface area (Å²) in [4.78, 5) is 2.23. The Kier molecular flexibility index (Phi) is 6.12. The summed E-state index contributed by atoms with van der Waals surface area (Å²) >= 11 is 0. The van der Waals surface area contributed by atoms with Gasteiger partial charge in [-0.3, -0.25) is 4.90 Å². The third-order valence-corrected chi connectivity index (χ3v) is 4.17. The van der Waals surface area contributed by atoms with Crippen molar-refractivity contribution in [3.05, 3.63) is 0 Å². The Morgan fingerprint density at radius 2 is 1.58 bits per heavy atom. The van der Waals surface area contributed by atoms with Crippen LogP contribution < -0.4 is 0 Å². The first-order valence-electron chi connectivity index (χ1n) is 7.23. The fourth-order valence-corrected chi connectivity index (χ4v) is 2.71. The molecular weight excluding hydrogens is 255 g/mol. The van der Waals surface area contributed by atoms with Gasteiger partial charge in [0.2, 0.25) is 0 Å². The maximum Gasteiger partial charge on any atom is 0.389 e. The molecule has 0 aromatic rings. The van der Waals surface area contributed by atoms with Crippen LogP contribution in [0, 0.1) is 0 Å². The van der Waals surface area contributed by atoms with Crippen LogP contribution >= 0.6 is 0 Å². The van der Waals surface area contributed by atoms with Crippen molar-refractivity contribution in [2.45, 2.75) is 76.6 Å². The van der Waals surface area contributed by atoms with Gasteiger partial charge in [-0.15, -0.1) is 0 Å². The minimum absolute atomic E-state index is 0.00192. The van der Waals surface area contributed by atoms with Gasteiger partial charge in [-0.2, -0.15) is 13.2 Å². The first-order chi connectivity index (χ1) is 8.73. The first kappa shape index (κ1) is 16.8. The Hall–Kier alpha value is -0.290. The number of aliphatic hydroxyl groups excluding tert-OH is 1. The summed E-state index contributed by atoms with van der Waals surface area (Å²) in [7, 11) is 0. The maximum absolute atomic E-state index is 12.1. The summed E-state index contributed by atoms with van der Waals surface area (Å²) in [6.07, 6.45) is -0.782. The smallest absolute Gasteiger partial charge is 0.389 e. The molecule has 0 bridgehead atoms. The molecule has 2 nitrogen and oxygen atoms in total. The lowest BCUT2D eigenvalue weighted by Crippen LogP contribution is -2.52. The van der Waals surface area contributed by atoms with Crippen molar-refractivity contribution in [3.63, 3.8) is 0 Å². The zero-order valence-corrected chi connectivity index (χ0v) is 12.0. The van der Waals surface area contributed by atoms with Crippen LogP contribution in [0.2, 0.25) is 0 Å². The highest BCUT2D eigenvalue weighted by Gasteiger charge is 2.35. The topological polar surface area (TPSA) is 23.5 Å². The molecule has 114 valence electrons. The van der Waals surface area contributed by atoms with Gasteiger partial charge in [0.25, 0.3) is 0 Å². The van der Waals surface area contributed by atoms with Crippen LogP contribution in [-0.4, -0.2) is 40.9 Å². The molecule has 1 aliphatic rings. The lowest BCUT2D eigenvalue weighted by Gasteiger charge is -2.41. The van der Waals surface area contributed by atoms with Crippen molar-refractivity contribution in [2.75, 3.05) is 13.1 Å². The van der Waals surface area contributed by atoms with Gasteiger partial charge in [0.05, 0.1) is 6.10 Å². The summed E-state index contributed by atoms with van der Waals surface area (Å²) in [5, 5.41) is 10.2. The van der Waals surface area contributed by atoms with Gasteiger partial charge in [0, 0.05) is 12.0 Å². The van der Waals surface area contributed by atoms with E-state index < -0.39 is 24.2 Å². The minimum atomic E-state index is -4.12. The molecule has 1 saturated heterocycles. The van der Waals surface area contributed by atoms with Crippen molar-refractivity contribution in [1.82, 2.24) is 4.90 Å². The van der Waals surface area contributed by atoms with E-state index in [0.29, 0.717) is 0 Å². The Bertz CT molecular complexity index is 258. The van der Waals surface area contributed by atoms with Crippen molar-refractivity contribution >= 4 is 0 Å². The molecule has 1 fully saturated rings. The van der Waals surface area contributed by atoms with Gasteiger partial charge in [0.15, 0.2) is 0 Å². The summed E-state index contributed by atoms with van der Waals surface area (Å²) in [6, 6.07) is 0. The molecule has 1 heterocycles. The highest BCUT2D eigenvalue weighted by atomic mass is 19.4. The number of hydrogen-bond donors (Lipinski definition) is 1. The van der Waals surface area contributed by atoms with Crippen LogP contribution in [0.3, 0.4) is 0 Å². The van der Waals surface area contributed by atoms with E-state index in [4.69, 9.17) is 0 Å². The zero-order valence-electron chi connectivity index (χ0n) is 12.0. The fourth-order valence-electron chi connectivity index (χ4n) is 2.71. The van der Waals surface area contributed by atoms with Crippen LogP contribution in [0.15, 0.2) is 0 Å². The number of nitrogens with zero attached hydrogens (tertiary/aromatic N) is 1. The predicted octanol–water partition coefficient (Wildman–Crippen LogP) is 3.73. The molecule has 1 atom stereocenters. The second-order valence-corrected chi connectivity index (χ2v) is 6.08. The Balaban J connectivity index is 2.45. The quantitative estimate of drug-likeness (QED) is 0.830. The monoisotopic (exact) mass is 281 g/mol. The fraction of sp³-hybridized carbons (Fsp3) is 1.00. The van der Waals surface area contributed by atoms with Crippen LogP contribution in [0.25, 0.3) is 0 Å². The standard InChI is InChI=1S/C14H26F3NO/c1-13(2,18-10-5-3-4-6-11-18)12(19)8-7-9-14(15,16)17/h12,19H,3-11H2,1-2H3. The van der Waals surface area contributed by atoms with E-state index in [1.54, 1.807) is 0 Å². The summed E-state index contributed by atoms with van der Waals surface area (Å²) < 4.78 is 36.4. The second kappa shape index (κ2) is 6.93. The molecule has 0 aromatic heterocycles. The number of alkyl halides is 3. The highest BCUT2D eigenvalue weighted by molar-refractivity contribution is 4.89. The van der Waals surface area contributed by atoms with E-state index in [1.165, 1.54) is 12.8 Å². The molecule has 0 spiro atoms. The van der Waals surface area contributed by atoms with Crippen LogP contribution in [-0.2, 0) is 0 Å². The molecule has 5 heteroatoms. The molecule has 0 radical (unpaired) electrons. The molecule has 0 aromatic carbocycles. The number of likely N-dealkylation sites (tertiary alicyclic amines) is 1. The van der Waals surface area contributed by atoms with Crippen LogP contribution in [0.1, 0.15) is 58.8 Å². The first-order valence-corrected chi connectivity index (χ1v) is 7.23. The van der Waals surface area contributed by atoms with Crippen molar-refractivity contribution in [3.8, 4) is 0 Å². The molecule has 1 aliphatic heterocycles. The largest absolute Gasteiger partial charge is 0.391 e. The van der Waals surface area contributed by atoms with Crippen LogP contribution in [0.4, 0.5) is 13.2 Å². The predicted molar refractivity (Wildman–Crippen MR) is 70.0 cm³/mol. The van der Waals surface area contributed by atoms with E-state index in [2.05, 4.69) is 4.90 Å². The highest BCUT2D eigenvalue weighted by Crippen LogP contribution is 2.28. The summed E-state index contributed by atoms with van der Waals surface area (Å²) in [5.41, 5.74) is -0.435. The van der Waals surface area contributed by atoms with E-state index in [1.807, 2.05) is 13.8 Å². The molecule has 1 N–H and O–H groups in total. The summed E-state index contributed by atoms with van der Waals surface area (Å²) in [6.45, 7) is 5.75. The van der Waals surface area contributed by atoms with Crippen molar-refractivity contribution < 1.29 is 18.3 Å². The van der Waals surface area contributed by atoms with Gasteiger partial charge in [0.1, 0.15) is 0 Å². The number of aliphatic hydroxyl groups is 1. The lowest BCUT2D eigenvalue weighted by molar-refractivity contribution is -0.137. The van der Waals surface area contributed by atoms with E-state index in [9.17, 15) is 18.3 Å². The normalized spacial score (nSPS) is 21.2. The molecule has 1 rings (SSSR count). The Morgan fingerprint density at radius 1 is 1.05 bits per heavy atom. The SMILES string of the molecule is CC(C)(C(O)CCCC(F)(F)F)N1CCCCCC1. The van der Waals surface area contributed by atoms with Crippen LogP contribution in [0.5, 0.6) is 0 Å². The van der Waals surface area contributed by atoms with E-state index in [0.717, 1.165) is 25.9 Å². The molecule has 0 aliphatic carbocycles. The van der Waals surface area contributed by atoms with Gasteiger partial charge in [-0.1, -0.05) is 12.8 Å². The van der Waals surface area contributed by atoms with Gasteiger partial charge in [-0.25, -0.2) is 0 Å². The third kappa shape index (κ3) is 5.69. The number of rotatable bonds is 5. The lowest BCUT2D eigenvalue weighted by atomic mass is 9.90. The van der Waals surface area contributed by atoms with Gasteiger partial charge >= 0.3 is 6.18 Å². The number of halogens is 3. The molecule has 0 saturated carbocycles. The maximum atomic E-state index is 12.1. The van der Waals surface area contributed by atoms with Crippen molar-refractivity contribution in [1.29, 1.82) is 0 Å². The van der Waals surface area contributed by atoms with Crippen molar-refractivity contribution in [2.24, 2.45) is 0 Å². The Morgan fingerprint density at radius 3 is 2.05 bits per heavy atom. The minimum Gasteiger partial charge on any atom is -0.391 e. The van der Waals surface area contributed by atoms with Gasteiger partial charge < -0.3 is 5.11 Å². The Labute approximate surface area is 114 Å². The van der Waals surface area contributed by atoms with E-state index >= 15 is 0 Å². The van der Waals surface area contributed by atoms with Gasteiger partial charge in [-0.05, 0) is 52.6 Å². The molecule has 1 unspecified atom stereocenters. The molecule has 0 amide bonds. The van der Waals surface area contributed by atoms with E-state index in [-0.39, 0.29) is 12.8 Å². The average molecular weight is 281 g/mol. The zero-order chi connectivity index (χ0) is 14.5. The number of hydrogen-bond acceptors (Lipinski definition) is 2. The second-order valence-electron chi connectivity index (χ2n) is 6.08. The average Bonchev–Trinajstić information content (AvgIpc) is 2.55.